The molecule has 1 unspecified atom stereocenters. The molecule has 0 bridgehead atoms. The first-order valence-electron chi connectivity index (χ1n) is 15.4. The standard InChI is InChI=1S/C42H26N2O/c1-2-11-26(12-3-1)40-33-21-18-25-10-4-5-13-28(25)41(33)44-42(43-40)27-19-20-31-34(22-27)29-14-6-7-15-30(29)35-23-37-32-16-8-9-17-38(32)45-39(37)24-36(31)35/h1-24,42,44H. The van der Waals surface area contributed by atoms with Crippen molar-refractivity contribution >= 4 is 76.4 Å². The minimum absolute atomic E-state index is 0.241. The lowest BCUT2D eigenvalue weighted by molar-refractivity contribution is 0.669. The molecule has 0 aliphatic carbocycles. The molecule has 2 heterocycles. The maximum absolute atomic E-state index is 6.33. The Kier molecular flexibility index (Phi) is 5.06. The average Bonchev–Trinajstić information content (AvgIpc) is 3.48. The number of nitrogens with one attached hydrogen (secondary N) is 1. The van der Waals surface area contributed by atoms with Gasteiger partial charge in [0.2, 0.25) is 0 Å². The quantitative estimate of drug-likeness (QED) is 0.209. The van der Waals surface area contributed by atoms with Crippen LogP contribution in [0.15, 0.2) is 155 Å². The summed E-state index contributed by atoms with van der Waals surface area (Å²) in [6, 6.07) is 51.9. The number of para-hydroxylation sites is 1. The summed E-state index contributed by atoms with van der Waals surface area (Å²) in [5.41, 5.74) is 7.35. The summed E-state index contributed by atoms with van der Waals surface area (Å²) >= 11 is 0. The van der Waals surface area contributed by atoms with Crippen molar-refractivity contribution in [3.8, 4) is 0 Å². The molecular formula is C42H26N2O. The van der Waals surface area contributed by atoms with Gasteiger partial charge >= 0.3 is 0 Å². The van der Waals surface area contributed by atoms with Crippen molar-refractivity contribution in [3.05, 3.63) is 162 Å². The molecule has 3 nitrogen and oxygen atoms in total. The predicted octanol–water partition coefficient (Wildman–Crippen LogP) is 11.2. The molecule has 210 valence electrons. The van der Waals surface area contributed by atoms with Crippen LogP contribution < -0.4 is 5.32 Å². The fourth-order valence-corrected chi connectivity index (χ4v) is 7.34. The van der Waals surface area contributed by atoms with E-state index in [9.17, 15) is 0 Å². The van der Waals surface area contributed by atoms with Gasteiger partial charge in [0.25, 0.3) is 0 Å². The fraction of sp³-hybridized carbons (Fsp3) is 0.0238. The van der Waals surface area contributed by atoms with E-state index in [2.05, 4.69) is 139 Å². The Morgan fingerprint density at radius 3 is 1.98 bits per heavy atom. The van der Waals surface area contributed by atoms with Crippen molar-refractivity contribution < 1.29 is 4.42 Å². The lowest BCUT2D eigenvalue weighted by Gasteiger charge is -2.28. The summed E-state index contributed by atoms with van der Waals surface area (Å²) in [6.45, 7) is 0. The van der Waals surface area contributed by atoms with Crippen molar-refractivity contribution in [1.82, 2.24) is 0 Å². The zero-order valence-corrected chi connectivity index (χ0v) is 24.3. The van der Waals surface area contributed by atoms with E-state index >= 15 is 0 Å². The van der Waals surface area contributed by atoms with Crippen LogP contribution in [0, 0.1) is 0 Å². The number of rotatable bonds is 2. The number of anilines is 1. The third kappa shape index (κ3) is 3.61. The van der Waals surface area contributed by atoms with Crippen molar-refractivity contribution in [2.24, 2.45) is 4.99 Å². The number of benzene rings is 8. The molecule has 1 aliphatic rings. The van der Waals surface area contributed by atoms with Gasteiger partial charge in [-0.3, -0.25) is 4.99 Å². The predicted molar refractivity (Wildman–Crippen MR) is 189 cm³/mol. The Morgan fingerprint density at radius 2 is 1.13 bits per heavy atom. The molecule has 1 aliphatic heterocycles. The van der Waals surface area contributed by atoms with Crippen LogP contribution >= 0.6 is 0 Å². The van der Waals surface area contributed by atoms with Gasteiger partial charge in [-0.1, -0.05) is 121 Å². The molecule has 1 N–H and O–H groups in total. The van der Waals surface area contributed by atoms with Crippen LogP contribution in [-0.4, -0.2) is 5.71 Å². The number of hydrogen-bond acceptors (Lipinski definition) is 3. The minimum Gasteiger partial charge on any atom is -0.456 e. The molecule has 1 atom stereocenters. The first kappa shape index (κ1) is 24.5. The second-order valence-electron chi connectivity index (χ2n) is 11.9. The number of nitrogens with zero attached hydrogens (tertiary/aromatic N) is 1. The fourth-order valence-electron chi connectivity index (χ4n) is 7.34. The lowest BCUT2D eigenvalue weighted by Crippen LogP contribution is -2.21. The molecule has 0 fully saturated rings. The summed E-state index contributed by atoms with van der Waals surface area (Å²) in [5.74, 6) is 0. The molecule has 45 heavy (non-hydrogen) atoms. The molecule has 0 saturated carbocycles. The van der Waals surface area contributed by atoms with E-state index in [0.29, 0.717) is 0 Å². The molecule has 0 amide bonds. The Morgan fingerprint density at radius 1 is 0.467 bits per heavy atom. The van der Waals surface area contributed by atoms with E-state index in [4.69, 9.17) is 9.41 Å². The summed E-state index contributed by atoms with van der Waals surface area (Å²) in [5, 5.41) is 15.9. The smallest absolute Gasteiger partial charge is 0.145 e. The van der Waals surface area contributed by atoms with E-state index < -0.39 is 0 Å². The number of furan rings is 1. The van der Waals surface area contributed by atoms with E-state index in [0.717, 1.165) is 50.0 Å². The van der Waals surface area contributed by atoms with E-state index in [1.165, 1.54) is 43.1 Å². The summed E-state index contributed by atoms with van der Waals surface area (Å²) in [4.78, 5) is 5.38. The van der Waals surface area contributed by atoms with Gasteiger partial charge in [-0.25, -0.2) is 0 Å². The van der Waals surface area contributed by atoms with Crippen molar-refractivity contribution in [1.29, 1.82) is 0 Å². The molecule has 9 aromatic rings. The van der Waals surface area contributed by atoms with Gasteiger partial charge in [-0.15, -0.1) is 0 Å². The minimum atomic E-state index is -0.241. The number of aliphatic imine (C=N–C) groups is 1. The van der Waals surface area contributed by atoms with Gasteiger partial charge in [-0.05, 0) is 67.5 Å². The van der Waals surface area contributed by atoms with Crippen LogP contribution in [0.5, 0.6) is 0 Å². The Hall–Kier alpha value is -5.93. The third-order valence-corrected chi connectivity index (χ3v) is 9.44. The van der Waals surface area contributed by atoms with Crippen LogP contribution in [0.2, 0.25) is 0 Å². The Labute approximate surface area is 259 Å². The highest BCUT2D eigenvalue weighted by atomic mass is 16.3. The average molecular weight is 575 g/mol. The van der Waals surface area contributed by atoms with Gasteiger partial charge in [0, 0.05) is 27.3 Å². The highest BCUT2D eigenvalue weighted by molar-refractivity contribution is 6.28. The second-order valence-corrected chi connectivity index (χ2v) is 11.9. The molecule has 10 rings (SSSR count). The van der Waals surface area contributed by atoms with Crippen LogP contribution in [0.1, 0.15) is 22.9 Å². The zero-order chi connectivity index (χ0) is 29.5. The largest absolute Gasteiger partial charge is 0.456 e. The second kappa shape index (κ2) is 9.28. The van der Waals surface area contributed by atoms with Crippen molar-refractivity contribution in [2.75, 3.05) is 5.32 Å². The van der Waals surface area contributed by atoms with Crippen LogP contribution in [0.4, 0.5) is 5.69 Å². The first-order valence-corrected chi connectivity index (χ1v) is 15.4. The molecule has 0 saturated heterocycles. The van der Waals surface area contributed by atoms with Crippen molar-refractivity contribution in [2.45, 2.75) is 6.17 Å². The van der Waals surface area contributed by atoms with Gasteiger partial charge in [0.15, 0.2) is 0 Å². The first-order chi connectivity index (χ1) is 22.3. The molecule has 1 aromatic heterocycles. The van der Waals surface area contributed by atoms with Crippen LogP contribution in [0.25, 0.3) is 65.0 Å². The SMILES string of the molecule is c1ccc(C2=NC(c3ccc4c(c3)c3ccccc3c3cc5c(cc43)oc3ccccc35)Nc3c2ccc2ccccc32)cc1. The normalized spacial score (nSPS) is 14.8. The molecule has 0 radical (unpaired) electrons. The lowest BCUT2D eigenvalue weighted by atomic mass is 9.91. The van der Waals surface area contributed by atoms with E-state index in [1.54, 1.807) is 0 Å². The summed E-state index contributed by atoms with van der Waals surface area (Å²) in [6.07, 6.45) is -0.241. The topological polar surface area (TPSA) is 37.5 Å². The van der Waals surface area contributed by atoms with Crippen molar-refractivity contribution in [3.63, 3.8) is 0 Å². The Balaban J connectivity index is 1.22. The maximum atomic E-state index is 6.33. The monoisotopic (exact) mass is 574 g/mol. The zero-order valence-electron chi connectivity index (χ0n) is 24.3. The summed E-state index contributed by atoms with van der Waals surface area (Å²) in [7, 11) is 0. The van der Waals surface area contributed by atoms with E-state index in [1.807, 2.05) is 12.1 Å². The van der Waals surface area contributed by atoms with Crippen LogP contribution in [-0.2, 0) is 0 Å². The number of hydrogen-bond donors (Lipinski definition) is 1. The Bertz CT molecular complexity index is 2680. The van der Waals surface area contributed by atoms with Gasteiger partial charge in [0.05, 0.1) is 11.4 Å². The van der Waals surface area contributed by atoms with Gasteiger partial charge < -0.3 is 9.73 Å². The van der Waals surface area contributed by atoms with Gasteiger partial charge in [0.1, 0.15) is 17.3 Å². The number of fused-ring (bicyclic) bond motifs is 12. The molecule has 3 heteroatoms. The molecule has 0 spiro atoms. The van der Waals surface area contributed by atoms with Gasteiger partial charge in [-0.2, -0.15) is 0 Å². The molecular weight excluding hydrogens is 548 g/mol. The van der Waals surface area contributed by atoms with Crippen LogP contribution in [0.3, 0.4) is 0 Å². The maximum Gasteiger partial charge on any atom is 0.145 e. The third-order valence-electron chi connectivity index (χ3n) is 9.44. The van der Waals surface area contributed by atoms with E-state index in [-0.39, 0.29) is 6.17 Å². The molecule has 8 aromatic carbocycles. The highest BCUT2D eigenvalue weighted by Crippen LogP contribution is 2.42. The summed E-state index contributed by atoms with van der Waals surface area (Å²) < 4.78 is 6.33. The highest BCUT2D eigenvalue weighted by Gasteiger charge is 2.25.